The summed E-state index contributed by atoms with van der Waals surface area (Å²) in [5.41, 5.74) is 0.185. The molecule has 1 aliphatic heterocycles. The van der Waals surface area contributed by atoms with Crippen LogP contribution < -0.4 is 10.2 Å². The van der Waals surface area contributed by atoms with Crippen molar-refractivity contribution in [3.63, 3.8) is 0 Å². The normalized spacial score (nSPS) is 17.8. The van der Waals surface area contributed by atoms with Crippen molar-refractivity contribution in [1.82, 2.24) is 4.98 Å². The van der Waals surface area contributed by atoms with E-state index < -0.39 is 29.2 Å². The van der Waals surface area contributed by atoms with Crippen molar-refractivity contribution < 1.29 is 17.6 Å². The number of rotatable bonds is 3. The zero-order valence-corrected chi connectivity index (χ0v) is 11.5. The van der Waals surface area contributed by atoms with E-state index in [0.29, 0.717) is 19.5 Å². The molecule has 0 radical (unpaired) electrons. The Bertz CT molecular complexity index is 652. The highest BCUT2D eigenvalue weighted by Crippen LogP contribution is 2.26. The number of hydrogen-bond donors (Lipinski definition) is 1. The SMILES string of the molecule is Fc1nc(F)c(F)c(NC2CCN(c3ccccc3)C2)c1F. The molecule has 7 heteroatoms. The Balaban J connectivity index is 1.76. The topological polar surface area (TPSA) is 28.2 Å². The van der Waals surface area contributed by atoms with Gasteiger partial charge in [0.25, 0.3) is 11.9 Å². The van der Waals surface area contributed by atoms with Crippen molar-refractivity contribution in [1.29, 1.82) is 0 Å². The highest BCUT2D eigenvalue weighted by Gasteiger charge is 2.27. The zero-order valence-electron chi connectivity index (χ0n) is 11.5. The van der Waals surface area contributed by atoms with E-state index in [1.54, 1.807) is 0 Å². The number of benzene rings is 1. The summed E-state index contributed by atoms with van der Waals surface area (Å²) in [5, 5.41) is 2.55. The summed E-state index contributed by atoms with van der Waals surface area (Å²) in [6.45, 7) is 1.16. The lowest BCUT2D eigenvalue weighted by molar-refractivity contribution is 0.409. The van der Waals surface area contributed by atoms with Gasteiger partial charge in [-0.3, -0.25) is 0 Å². The summed E-state index contributed by atoms with van der Waals surface area (Å²) in [5.74, 6) is -6.31. The van der Waals surface area contributed by atoms with Gasteiger partial charge in [0.15, 0.2) is 0 Å². The average molecular weight is 311 g/mol. The summed E-state index contributed by atoms with van der Waals surface area (Å²) in [4.78, 5) is 4.57. The van der Waals surface area contributed by atoms with Gasteiger partial charge in [-0.25, -0.2) is 0 Å². The Kier molecular flexibility index (Phi) is 3.87. The van der Waals surface area contributed by atoms with Gasteiger partial charge in [0.1, 0.15) is 5.69 Å². The fourth-order valence-electron chi connectivity index (χ4n) is 2.57. The molecule has 1 aromatic carbocycles. The van der Waals surface area contributed by atoms with Crippen LogP contribution in [-0.4, -0.2) is 24.1 Å². The van der Waals surface area contributed by atoms with E-state index in [0.717, 1.165) is 5.69 Å². The van der Waals surface area contributed by atoms with Crippen molar-refractivity contribution >= 4 is 11.4 Å². The minimum atomic E-state index is -1.65. The maximum absolute atomic E-state index is 13.6. The fourth-order valence-corrected chi connectivity index (χ4v) is 2.57. The van der Waals surface area contributed by atoms with E-state index in [9.17, 15) is 17.6 Å². The molecule has 1 aliphatic rings. The van der Waals surface area contributed by atoms with E-state index in [1.807, 2.05) is 35.2 Å². The first-order chi connectivity index (χ1) is 10.6. The first-order valence-electron chi connectivity index (χ1n) is 6.83. The Morgan fingerprint density at radius 2 is 1.64 bits per heavy atom. The molecule has 0 amide bonds. The highest BCUT2D eigenvalue weighted by molar-refractivity contribution is 5.50. The maximum Gasteiger partial charge on any atom is 0.253 e. The molecule has 3 nitrogen and oxygen atoms in total. The van der Waals surface area contributed by atoms with Crippen LogP contribution in [0.15, 0.2) is 30.3 Å². The molecular weight excluding hydrogens is 298 g/mol. The quantitative estimate of drug-likeness (QED) is 0.696. The van der Waals surface area contributed by atoms with E-state index in [1.165, 1.54) is 0 Å². The summed E-state index contributed by atoms with van der Waals surface area (Å²) in [6.07, 6.45) is 0.597. The van der Waals surface area contributed by atoms with Crippen LogP contribution in [0.5, 0.6) is 0 Å². The Labute approximate surface area is 124 Å². The third-order valence-electron chi connectivity index (χ3n) is 3.66. The van der Waals surface area contributed by atoms with Gasteiger partial charge in [-0.05, 0) is 18.6 Å². The summed E-state index contributed by atoms with van der Waals surface area (Å²) in [7, 11) is 0. The average Bonchev–Trinajstić information content (AvgIpc) is 2.99. The number of pyridine rings is 1. The first-order valence-corrected chi connectivity index (χ1v) is 6.83. The number of halogens is 4. The summed E-state index contributed by atoms with van der Waals surface area (Å²) in [6, 6.07) is 9.21. The van der Waals surface area contributed by atoms with E-state index in [2.05, 4.69) is 10.3 Å². The van der Waals surface area contributed by atoms with E-state index >= 15 is 0 Å². The molecule has 0 bridgehead atoms. The van der Waals surface area contributed by atoms with Crippen LogP contribution in [-0.2, 0) is 0 Å². The molecule has 116 valence electrons. The molecule has 0 saturated carbocycles. The van der Waals surface area contributed by atoms with Crippen LogP contribution in [0, 0.1) is 23.5 Å². The second-order valence-electron chi connectivity index (χ2n) is 5.11. The van der Waals surface area contributed by atoms with Gasteiger partial charge < -0.3 is 10.2 Å². The van der Waals surface area contributed by atoms with Gasteiger partial charge >= 0.3 is 0 Å². The Hall–Kier alpha value is -2.31. The van der Waals surface area contributed by atoms with Crippen LogP contribution in [0.25, 0.3) is 0 Å². The van der Waals surface area contributed by atoms with Crippen LogP contribution in [0.1, 0.15) is 6.42 Å². The third-order valence-corrected chi connectivity index (χ3v) is 3.66. The molecular formula is C15H13F4N3. The summed E-state index contributed by atoms with van der Waals surface area (Å²) < 4.78 is 53.4. The van der Waals surface area contributed by atoms with Gasteiger partial charge in [0.2, 0.25) is 11.6 Å². The Morgan fingerprint density at radius 1 is 1.00 bits per heavy atom. The molecule has 1 aromatic heterocycles. The van der Waals surface area contributed by atoms with Crippen LogP contribution in [0.3, 0.4) is 0 Å². The molecule has 0 spiro atoms. The molecule has 22 heavy (non-hydrogen) atoms. The molecule has 1 saturated heterocycles. The van der Waals surface area contributed by atoms with E-state index in [-0.39, 0.29) is 6.04 Å². The molecule has 1 atom stereocenters. The minimum Gasteiger partial charge on any atom is -0.375 e. The summed E-state index contributed by atoms with van der Waals surface area (Å²) >= 11 is 0. The standard InChI is InChI=1S/C15H13F4N3/c16-11-13(12(17)15(19)21-14(11)18)20-9-6-7-22(8-9)10-4-2-1-3-5-10/h1-5,9H,6-8H2,(H,20,21). The molecule has 2 heterocycles. The molecule has 1 unspecified atom stereocenters. The lowest BCUT2D eigenvalue weighted by Crippen LogP contribution is -2.27. The number of nitrogens with one attached hydrogen (secondary N) is 1. The van der Waals surface area contributed by atoms with E-state index in [4.69, 9.17) is 0 Å². The lowest BCUT2D eigenvalue weighted by atomic mass is 10.2. The van der Waals surface area contributed by atoms with Gasteiger partial charge in [0, 0.05) is 24.8 Å². The van der Waals surface area contributed by atoms with Crippen molar-refractivity contribution in [2.24, 2.45) is 0 Å². The molecule has 3 rings (SSSR count). The second-order valence-corrected chi connectivity index (χ2v) is 5.11. The second kappa shape index (κ2) is 5.82. The van der Waals surface area contributed by atoms with Crippen LogP contribution in [0.4, 0.5) is 28.9 Å². The number of anilines is 2. The maximum atomic E-state index is 13.6. The highest BCUT2D eigenvalue weighted by atomic mass is 19.2. The van der Waals surface area contributed by atoms with Gasteiger partial charge in [-0.1, -0.05) is 18.2 Å². The minimum absolute atomic E-state index is 0.314. The van der Waals surface area contributed by atoms with Gasteiger partial charge in [0.05, 0.1) is 0 Å². The van der Waals surface area contributed by atoms with Crippen molar-refractivity contribution in [3.05, 3.63) is 53.9 Å². The number of nitrogens with zero attached hydrogens (tertiary/aromatic N) is 2. The predicted molar refractivity (Wildman–Crippen MR) is 74.8 cm³/mol. The number of para-hydroxylation sites is 1. The first kappa shape index (κ1) is 14.6. The Morgan fingerprint density at radius 3 is 2.27 bits per heavy atom. The molecule has 1 fully saturated rings. The lowest BCUT2D eigenvalue weighted by Gasteiger charge is -2.19. The predicted octanol–water partition coefficient (Wildman–Crippen LogP) is 3.33. The van der Waals surface area contributed by atoms with Crippen molar-refractivity contribution in [2.45, 2.75) is 12.5 Å². The van der Waals surface area contributed by atoms with Crippen LogP contribution >= 0.6 is 0 Å². The number of aromatic nitrogens is 1. The fraction of sp³-hybridized carbons (Fsp3) is 0.267. The van der Waals surface area contributed by atoms with Gasteiger partial charge in [-0.2, -0.15) is 22.5 Å². The number of hydrogen-bond acceptors (Lipinski definition) is 3. The zero-order chi connectivity index (χ0) is 15.7. The van der Waals surface area contributed by atoms with Gasteiger partial charge in [-0.15, -0.1) is 0 Å². The monoisotopic (exact) mass is 311 g/mol. The largest absolute Gasteiger partial charge is 0.375 e. The molecule has 0 aliphatic carbocycles. The molecule has 1 N–H and O–H groups in total. The van der Waals surface area contributed by atoms with Crippen molar-refractivity contribution in [2.75, 3.05) is 23.3 Å². The van der Waals surface area contributed by atoms with Crippen LogP contribution in [0.2, 0.25) is 0 Å². The third kappa shape index (κ3) is 2.70. The molecule has 2 aromatic rings. The smallest absolute Gasteiger partial charge is 0.253 e. The van der Waals surface area contributed by atoms with Crippen molar-refractivity contribution in [3.8, 4) is 0 Å².